The van der Waals surface area contributed by atoms with Gasteiger partial charge in [0.1, 0.15) is 5.69 Å². The maximum absolute atomic E-state index is 11.7. The van der Waals surface area contributed by atoms with Crippen LogP contribution in [-0.2, 0) is 6.42 Å². The SMILES string of the molecule is O=C(NCCCc1ccccc1)c1cccc(=O)[nH]1. The van der Waals surface area contributed by atoms with Crippen LogP contribution in [0.1, 0.15) is 22.5 Å². The Labute approximate surface area is 111 Å². The Morgan fingerprint density at radius 3 is 2.58 bits per heavy atom. The molecular weight excluding hydrogens is 240 g/mol. The van der Waals surface area contributed by atoms with Crippen LogP contribution in [0.2, 0.25) is 0 Å². The molecule has 0 fully saturated rings. The summed E-state index contributed by atoms with van der Waals surface area (Å²) >= 11 is 0. The van der Waals surface area contributed by atoms with E-state index in [-0.39, 0.29) is 11.5 Å². The molecule has 2 rings (SSSR count). The predicted molar refractivity (Wildman–Crippen MR) is 74.2 cm³/mol. The molecule has 1 aromatic heterocycles. The van der Waals surface area contributed by atoms with Crippen LogP contribution >= 0.6 is 0 Å². The lowest BCUT2D eigenvalue weighted by molar-refractivity contribution is 0.0948. The minimum Gasteiger partial charge on any atom is -0.351 e. The van der Waals surface area contributed by atoms with Gasteiger partial charge in [0.2, 0.25) is 5.56 Å². The third-order valence-electron chi connectivity index (χ3n) is 2.78. The van der Waals surface area contributed by atoms with Gasteiger partial charge in [0.05, 0.1) is 0 Å². The van der Waals surface area contributed by atoms with E-state index in [4.69, 9.17) is 0 Å². The van der Waals surface area contributed by atoms with E-state index in [9.17, 15) is 9.59 Å². The fraction of sp³-hybridized carbons (Fsp3) is 0.200. The number of nitrogens with one attached hydrogen (secondary N) is 2. The second kappa shape index (κ2) is 6.54. The molecule has 0 atom stereocenters. The molecule has 0 aliphatic heterocycles. The molecule has 0 radical (unpaired) electrons. The molecular formula is C15H16N2O2. The highest BCUT2D eigenvalue weighted by Crippen LogP contribution is 2.01. The minimum atomic E-state index is -0.267. The zero-order valence-electron chi connectivity index (χ0n) is 10.6. The summed E-state index contributed by atoms with van der Waals surface area (Å²) in [6, 6.07) is 14.7. The van der Waals surface area contributed by atoms with Crippen molar-refractivity contribution in [3.8, 4) is 0 Å². The Morgan fingerprint density at radius 1 is 1.05 bits per heavy atom. The van der Waals surface area contributed by atoms with Crippen molar-refractivity contribution in [1.82, 2.24) is 10.3 Å². The van der Waals surface area contributed by atoms with Gasteiger partial charge in [-0.3, -0.25) is 9.59 Å². The molecule has 2 N–H and O–H groups in total. The van der Waals surface area contributed by atoms with E-state index in [1.807, 2.05) is 18.2 Å². The van der Waals surface area contributed by atoms with Crippen LogP contribution in [0, 0.1) is 0 Å². The van der Waals surface area contributed by atoms with Gasteiger partial charge < -0.3 is 10.3 Å². The second-order valence-electron chi connectivity index (χ2n) is 4.27. The number of rotatable bonds is 5. The van der Waals surface area contributed by atoms with Crippen molar-refractivity contribution < 1.29 is 4.79 Å². The summed E-state index contributed by atoms with van der Waals surface area (Å²) < 4.78 is 0. The number of hydrogen-bond donors (Lipinski definition) is 2. The van der Waals surface area contributed by atoms with Gasteiger partial charge in [0.15, 0.2) is 0 Å². The largest absolute Gasteiger partial charge is 0.351 e. The summed E-state index contributed by atoms with van der Waals surface area (Å²) in [7, 11) is 0. The first-order valence-corrected chi connectivity index (χ1v) is 6.27. The van der Waals surface area contributed by atoms with Gasteiger partial charge in [0.25, 0.3) is 5.91 Å². The molecule has 0 saturated heterocycles. The van der Waals surface area contributed by atoms with Crippen LogP contribution in [0.25, 0.3) is 0 Å². The first kappa shape index (κ1) is 13.1. The van der Waals surface area contributed by atoms with Crippen molar-refractivity contribution in [2.75, 3.05) is 6.54 Å². The monoisotopic (exact) mass is 256 g/mol. The number of amides is 1. The van der Waals surface area contributed by atoms with E-state index in [1.165, 1.54) is 11.6 Å². The average Bonchev–Trinajstić information content (AvgIpc) is 2.44. The maximum Gasteiger partial charge on any atom is 0.267 e. The van der Waals surface area contributed by atoms with Crippen LogP contribution in [0.15, 0.2) is 53.3 Å². The fourth-order valence-electron chi connectivity index (χ4n) is 1.81. The summed E-state index contributed by atoms with van der Waals surface area (Å²) in [4.78, 5) is 25.3. The third kappa shape index (κ3) is 4.10. The number of aromatic amines is 1. The van der Waals surface area contributed by atoms with Crippen molar-refractivity contribution in [2.24, 2.45) is 0 Å². The number of H-pyrrole nitrogens is 1. The Kier molecular flexibility index (Phi) is 4.50. The summed E-state index contributed by atoms with van der Waals surface area (Å²) in [5.41, 5.74) is 1.29. The second-order valence-corrected chi connectivity index (χ2v) is 4.27. The Morgan fingerprint density at radius 2 is 1.84 bits per heavy atom. The van der Waals surface area contributed by atoms with Gasteiger partial charge in [-0.05, 0) is 24.5 Å². The highest BCUT2D eigenvalue weighted by atomic mass is 16.2. The van der Waals surface area contributed by atoms with E-state index >= 15 is 0 Å². The zero-order valence-corrected chi connectivity index (χ0v) is 10.6. The smallest absolute Gasteiger partial charge is 0.267 e. The van der Waals surface area contributed by atoms with Crippen LogP contribution in [0.3, 0.4) is 0 Å². The van der Waals surface area contributed by atoms with Crippen molar-refractivity contribution in [2.45, 2.75) is 12.8 Å². The topological polar surface area (TPSA) is 62.0 Å². The van der Waals surface area contributed by atoms with Crippen molar-refractivity contribution in [3.63, 3.8) is 0 Å². The molecule has 98 valence electrons. The molecule has 4 nitrogen and oxygen atoms in total. The molecule has 0 unspecified atom stereocenters. The van der Waals surface area contributed by atoms with Gasteiger partial charge in [0, 0.05) is 12.6 Å². The molecule has 1 aromatic carbocycles. The highest BCUT2D eigenvalue weighted by Gasteiger charge is 2.04. The quantitative estimate of drug-likeness (QED) is 0.800. The van der Waals surface area contributed by atoms with Gasteiger partial charge in [-0.2, -0.15) is 0 Å². The first-order chi connectivity index (χ1) is 9.25. The minimum absolute atomic E-state index is 0.245. The van der Waals surface area contributed by atoms with E-state index in [2.05, 4.69) is 22.4 Å². The molecule has 1 amide bonds. The maximum atomic E-state index is 11.7. The molecule has 2 aromatic rings. The first-order valence-electron chi connectivity index (χ1n) is 6.27. The van der Waals surface area contributed by atoms with Crippen molar-refractivity contribution in [3.05, 3.63) is 70.1 Å². The summed E-state index contributed by atoms with van der Waals surface area (Å²) in [5, 5.41) is 2.79. The molecule has 1 heterocycles. The summed E-state index contributed by atoms with van der Waals surface area (Å²) in [6.45, 7) is 0.588. The van der Waals surface area contributed by atoms with E-state index in [0.29, 0.717) is 12.2 Å². The summed E-state index contributed by atoms with van der Waals surface area (Å²) in [5.74, 6) is -0.245. The molecule has 19 heavy (non-hydrogen) atoms. The molecule has 4 heteroatoms. The van der Waals surface area contributed by atoms with Crippen molar-refractivity contribution >= 4 is 5.91 Å². The lowest BCUT2D eigenvalue weighted by Crippen LogP contribution is -2.27. The lowest BCUT2D eigenvalue weighted by atomic mass is 10.1. The number of benzene rings is 1. The summed E-state index contributed by atoms with van der Waals surface area (Å²) in [6.07, 6.45) is 1.79. The Balaban J connectivity index is 1.77. The van der Waals surface area contributed by atoms with Crippen LogP contribution in [0.5, 0.6) is 0 Å². The predicted octanol–water partition coefficient (Wildman–Crippen LogP) is 1.74. The molecule has 0 bridgehead atoms. The van der Waals surface area contributed by atoms with Crippen molar-refractivity contribution in [1.29, 1.82) is 0 Å². The zero-order chi connectivity index (χ0) is 13.5. The number of hydrogen-bond acceptors (Lipinski definition) is 2. The number of aromatic nitrogens is 1. The van der Waals surface area contributed by atoms with Gasteiger partial charge >= 0.3 is 0 Å². The Bertz CT molecular complexity index is 590. The molecule has 0 aliphatic carbocycles. The number of pyridine rings is 1. The highest BCUT2D eigenvalue weighted by molar-refractivity contribution is 5.92. The normalized spacial score (nSPS) is 10.1. The van der Waals surface area contributed by atoms with E-state index in [1.54, 1.807) is 12.1 Å². The molecule has 0 aliphatic rings. The Hall–Kier alpha value is -2.36. The van der Waals surface area contributed by atoms with Gasteiger partial charge in [-0.15, -0.1) is 0 Å². The van der Waals surface area contributed by atoms with Crippen LogP contribution in [0.4, 0.5) is 0 Å². The van der Waals surface area contributed by atoms with Crippen LogP contribution in [-0.4, -0.2) is 17.4 Å². The number of carbonyl (C=O) groups is 1. The number of carbonyl (C=O) groups excluding carboxylic acids is 1. The van der Waals surface area contributed by atoms with Gasteiger partial charge in [-0.25, -0.2) is 0 Å². The van der Waals surface area contributed by atoms with Gasteiger partial charge in [-0.1, -0.05) is 36.4 Å². The molecule has 0 saturated carbocycles. The van der Waals surface area contributed by atoms with E-state index < -0.39 is 0 Å². The lowest BCUT2D eigenvalue weighted by Gasteiger charge is -2.05. The van der Waals surface area contributed by atoms with E-state index in [0.717, 1.165) is 12.8 Å². The molecule has 0 spiro atoms. The third-order valence-corrected chi connectivity index (χ3v) is 2.78. The number of aryl methyl sites for hydroxylation is 1. The average molecular weight is 256 g/mol. The fourth-order valence-corrected chi connectivity index (χ4v) is 1.81. The standard InChI is InChI=1S/C15H16N2O2/c18-14-10-4-9-13(17-14)15(19)16-11-5-8-12-6-2-1-3-7-12/h1-4,6-7,9-10H,5,8,11H2,(H,16,19)(H,17,18). The van der Waals surface area contributed by atoms with Crippen LogP contribution < -0.4 is 10.9 Å².